The fourth-order valence-electron chi connectivity index (χ4n) is 1.62. The second-order valence-corrected chi connectivity index (χ2v) is 5.06. The van der Waals surface area contributed by atoms with Crippen LogP contribution in [0.25, 0.3) is 0 Å². The van der Waals surface area contributed by atoms with Crippen molar-refractivity contribution in [1.82, 2.24) is 15.5 Å². The first-order chi connectivity index (χ1) is 8.52. The summed E-state index contributed by atoms with van der Waals surface area (Å²) in [6, 6.07) is 0.493. The highest BCUT2D eigenvalue weighted by molar-refractivity contribution is 5.81. The summed E-state index contributed by atoms with van der Waals surface area (Å²) in [5.41, 5.74) is 0. The molecule has 0 aromatic carbocycles. The van der Waals surface area contributed by atoms with Crippen LogP contribution in [0.2, 0.25) is 0 Å². The predicted octanol–water partition coefficient (Wildman–Crippen LogP) is 1.61. The molecular weight excluding hydrogens is 226 g/mol. The Morgan fingerprint density at radius 1 is 1.22 bits per heavy atom. The Labute approximate surface area is 113 Å². The van der Waals surface area contributed by atoms with Crippen molar-refractivity contribution in [2.24, 2.45) is 0 Å². The van der Waals surface area contributed by atoms with Crippen LogP contribution in [0.5, 0.6) is 0 Å². The van der Waals surface area contributed by atoms with E-state index in [1.807, 2.05) is 6.92 Å². The minimum absolute atomic E-state index is 0.104. The Morgan fingerprint density at radius 2 is 1.89 bits per heavy atom. The van der Waals surface area contributed by atoms with Crippen LogP contribution < -0.4 is 10.6 Å². The van der Waals surface area contributed by atoms with Crippen molar-refractivity contribution >= 4 is 5.91 Å². The minimum Gasteiger partial charge on any atom is -0.355 e. The van der Waals surface area contributed by atoms with Crippen molar-refractivity contribution in [3.63, 3.8) is 0 Å². The number of amides is 1. The van der Waals surface area contributed by atoms with E-state index < -0.39 is 0 Å². The van der Waals surface area contributed by atoms with E-state index in [2.05, 4.69) is 43.4 Å². The lowest BCUT2D eigenvalue weighted by atomic mass is 10.2. The zero-order chi connectivity index (χ0) is 14.0. The van der Waals surface area contributed by atoms with E-state index in [-0.39, 0.29) is 11.9 Å². The minimum atomic E-state index is -0.104. The van der Waals surface area contributed by atoms with E-state index in [1.54, 1.807) is 0 Å². The molecular formula is C14H31N3O. The highest BCUT2D eigenvalue weighted by atomic mass is 16.2. The Bertz CT molecular complexity index is 221. The number of carbonyl (C=O) groups excluding carboxylic acids is 1. The number of unbranched alkanes of at least 4 members (excludes halogenated alkanes) is 1. The van der Waals surface area contributed by atoms with Crippen LogP contribution in [0.1, 0.15) is 47.0 Å². The number of hydrogen-bond acceptors (Lipinski definition) is 3. The first-order valence-corrected chi connectivity index (χ1v) is 7.24. The molecule has 1 amide bonds. The molecule has 0 bridgehead atoms. The van der Waals surface area contributed by atoms with Crippen LogP contribution in [0.3, 0.4) is 0 Å². The Kier molecular flexibility index (Phi) is 9.98. The fourth-order valence-corrected chi connectivity index (χ4v) is 1.62. The average molecular weight is 257 g/mol. The van der Waals surface area contributed by atoms with E-state index in [1.165, 1.54) is 0 Å². The summed E-state index contributed by atoms with van der Waals surface area (Å²) in [5, 5.41) is 6.21. The van der Waals surface area contributed by atoms with Gasteiger partial charge < -0.3 is 15.5 Å². The lowest BCUT2D eigenvalue weighted by molar-refractivity contribution is -0.122. The molecule has 0 aromatic rings. The molecule has 0 saturated heterocycles. The quantitative estimate of drug-likeness (QED) is 0.584. The molecule has 2 unspecified atom stereocenters. The topological polar surface area (TPSA) is 44.4 Å². The van der Waals surface area contributed by atoms with Crippen LogP contribution in [-0.4, -0.2) is 49.6 Å². The van der Waals surface area contributed by atoms with Gasteiger partial charge in [0.2, 0.25) is 5.91 Å². The summed E-state index contributed by atoms with van der Waals surface area (Å²) < 4.78 is 0. The van der Waals surface area contributed by atoms with Crippen molar-refractivity contribution in [3.05, 3.63) is 0 Å². The van der Waals surface area contributed by atoms with Gasteiger partial charge in [0.25, 0.3) is 0 Å². The van der Waals surface area contributed by atoms with Gasteiger partial charge in [-0.3, -0.25) is 4.79 Å². The predicted molar refractivity (Wildman–Crippen MR) is 77.8 cm³/mol. The van der Waals surface area contributed by atoms with E-state index in [4.69, 9.17) is 0 Å². The number of nitrogens with zero attached hydrogens (tertiary/aromatic N) is 1. The van der Waals surface area contributed by atoms with Crippen molar-refractivity contribution in [3.8, 4) is 0 Å². The maximum absolute atomic E-state index is 11.7. The van der Waals surface area contributed by atoms with Crippen molar-refractivity contribution in [2.75, 3.05) is 26.7 Å². The third kappa shape index (κ3) is 7.67. The molecule has 108 valence electrons. The van der Waals surface area contributed by atoms with Gasteiger partial charge in [0.1, 0.15) is 0 Å². The number of hydrogen-bond donors (Lipinski definition) is 2. The van der Waals surface area contributed by atoms with Gasteiger partial charge in [0.05, 0.1) is 6.04 Å². The standard InChI is InChI=1S/C14H31N3O/c1-6-8-9-16-14(18)13(4)15-10-11-17(5)12(3)7-2/h12-13,15H,6-11H2,1-5H3,(H,16,18). The number of rotatable bonds is 10. The van der Waals surface area contributed by atoms with E-state index in [0.717, 1.165) is 38.9 Å². The maximum atomic E-state index is 11.7. The highest BCUT2D eigenvalue weighted by Gasteiger charge is 2.12. The SMILES string of the molecule is CCCCNC(=O)C(C)NCCN(C)C(C)CC. The normalized spacial score (nSPS) is 14.6. The van der Waals surface area contributed by atoms with Gasteiger partial charge in [-0.1, -0.05) is 20.3 Å². The molecule has 4 nitrogen and oxygen atoms in total. The summed E-state index contributed by atoms with van der Waals surface area (Å²) in [6.07, 6.45) is 3.32. The molecule has 4 heteroatoms. The van der Waals surface area contributed by atoms with Crippen LogP contribution in [0, 0.1) is 0 Å². The molecule has 0 radical (unpaired) electrons. The van der Waals surface area contributed by atoms with Gasteiger partial charge in [-0.05, 0) is 33.7 Å². The Morgan fingerprint density at radius 3 is 2.44 bits per heavy atom. The van der Waals surface area contributed by atoms with E-state index >= 15 is 0 Å². The molecule has 2 atom stereocenters. The fraction of sp³-hybridized carbons (Fsp3) is 0.929. The summed E-state index contributed by atoms with van der Waals surface area (Å²) >= 11 is 0. The van der Waals surface area contributed by atoms with Gasteiger partial charge in [0, 0.05) is 25.7 Å². The summed E-state index contributed by atoms with van der Waals surface area (Å²) in [5.74, 6) is 0.106. The summed E-state index contributed by atoms with van der Waals surface area (Å²) in [6.45, 7) is 11.1. The summed E-state index contributed by atoms with van der Waals surface area (Å²) in [4.78, 5) is 14.0. The molecule has 0 heterocycles. The van der Waals surface area contributed by atoms with Gasteiger partial charge in [-0.15, -0.1) is 0 Å². The summed E-state index contributed by atoms with van der Waals surface area (Å²) in [7, 11) is 2.13. The molecule has 0 aliphatic carbocycles. The second-order valence-electron chi connectivity index (χ2n) is 5.06. The number of carbonyl (C=O) groups is 1. The molecule has 0 rings (SSSR count). The molecule has 0 saturated carbocycles. The average Bonchev–Trinajstić information content (AvgIpc) is 2.37. The monoisotopic (exact) mass is 257 g/mol. The van der Waals surface area contributed by atoms with Gasteiger partial charge in [-0.2, -0.15) is 0 Å². The first kappa shape index (κ1) is 17.4. The van der Waals surface area contributed by atoms with Crippen LogP contribution in [0.4, 0.5) is 0 Å². The zero-order valence-corrected chi connectivity index (χ0v) is 12.8. The molecule has 0 fully saturated rings. The Balaban J connectivity index is 3.69. The molecule has 0 aliphatic heterocycles. The maximum Gasteiger partial charge on any atom is 0.236 e. The zero-order valence-electron chi connectivity index (χ0n) is 12.8. The number of likely N-dealkylation sites (N-methyl/N-ethyl adjacent to an activating group) is 1. The Hall–Kier alpha value is -0.610. The highest BCUT2D eigenvalue weighted by Crippen LogP contribution is 1.98. The van der Waals surface area contributed by atoms with Gasteiger partial charge in [-0.25, -0.2) is 0 Å². The third-order valence-electron chi connectivity index (χ3n) is 3.48. The van der Waals surface area contributed by atoms with E-state index in [0.29, 0.717) is 6.04 Å². The molecule has 0 spiro atoms. The van der Waals surface area contributed by atoms with Crippen LogP contribution in [0.15, 0.2) is 0 Å². The smallest absolute Gasteiger partial charge is 0.236 e. The van der Waals surface area contributed by atoms with Gasteiger partial charge >= 0.3 is 0 Å². The molecule has 0 aromatic heterocycles. The second kappa shape index (κ2) is 10.3. The third-order valence-corrected chi connectivity index (χ3v) is 3.48. The van der Waals surface area contributed by atoms with Crippen molar-refractivity contribution in [2.45, 2.75) is 59.0 Å². The van der Waals surface area contributed by atoms with Gasteiger partial charge in [0.15, 0.2) is 0 Å². The molecule has 0 aliphatic rings. The lowest BCUT2D eigenvalue weighted by Crippen LogP contribution is -2.45. The molecule has 2 N–H and O–H groups in total. The van der Waals surface area contributed by atoms with Crippen molar-refractivity contribution in [1.29, 1.82) is 0 Å². The molecule has 18 heavy (non-hydrogen) atoms. The van der Waals surface area contributed by atoms with Crippen molar-refractivity contribution < 1.29 is 4.79 Å². The lowest BCUT2D eigenvalue weighted by Gasteiger charge is -2.24. The van der Waals surface area contributed by atoms with Crippen LogP contribution >= 0.6 is 0 Å². The largest absolute Gasteiger partial charge is 0.355 e. The van der Waals surface area contributed by atoms with Crippen LogP contribution in [-0.2, 0) is 4.79 Å². The van der Waals surface area contributed by atoms with E-state index in [9.17, 15) is 4.79 Å². The first-order valence-electron chi connectivity index (χ1n) is 7.24. The number of nitrogens with one attached hydrogen (secondary N) is 2.